The first kappa shape index (κ1) is 24.4. The Morgan fingerprint density at radius 1 is 1.31 bits per heavy atom. The lowest BCUT2D eigenvalue weighted by molar-refractivity contribution is 0.0634. The van der Waals surface area contributed by atoms with Crippen LogP contribution in [-0.2, 0) is 9.47 Å². The predicted octanol–water partition coefficient (Wildman–Crippen LogP) is 4.56. The molecule has 0 saturated heterocycles. The van der Waals surface area contributed by atoms with Gasteiger partial charge in [0, 0.05) is 6.54 Å². The maximum Gasteiger partial charge on any atom is 0.414 e. The van der Waals surface area contributed by atoms with E-state index in [9.17, 15) is 4.79 Å². The first-order valence-corrected chi connectivity index (χ1v) is 9.84. The van der Waals surface area contributed by atoms with Crippen molar-refractivity contribution < 1.29 is 19.0 Å². The SMILES string of the molecule is C=CC=C(C)COCCOc1cnc(NC(=O)OC(C)(C)C)nc1NCCCC. The van der Waals surface area contributed by atoms with Gasteiger partial charge in [-0.2, -0.15) is 4.98 Å². The Morgan fingerprint density at radius 3 is 2.72 bits per heavy atom. The molecule has 0 spiro atoms. The zero-order valence-electron chi connectivity index (χ0n) is 18.2. The van der Waals surface area contributed by atoms with E-state index in [0.717, 1.165) is 25.0 Å². The second kappa shape index (κ2) is 12.8. The van der Waals surface area contributed by atoms with Crippen LogP contribution in [0.5, 0.6) is 5.75 Å². The van der Waals surface area contributed by atoms with Crippen molar-refractivity contribution in [3.63, 3.8) is 0 Å². The van der Waals surface area contributed by atoms with Crippen LogP contribution in [-0.4, -0.2) is 48.0 Å². The fourth-order valence-corrected chi connectivity index (χ4v) is 2.13. The van der Waals surface area contributed by atoms with Crippen LogP contribution in [0.2, 0.25) is 0 Å². The van der Waals surface area contributed by atoms with Crippen LogP contribution in [0.15, 0.2) is 30.5 Å². The Balaban J connectivity index is 2.68. The Morgan fingerprint density at radius 2 is 2.07 bits per heavy atom. The number of unbranched alkanes of at least 4 members (excludes halogenated alkanes) is 1. The number of nitrogens with one attached hydrogen (secondary N) is 2. The number of ether oxygens (including phenoxy) is 3. The van der Waals surface area contributed by atoms with Crippen LogP contribution in [0.4, 0.5) is 16.6 Å². The zero-order valence-corrected chi connectivity index (χ0v) is 18.2. The lowest BCUT2D eigenvalue weighted by Crippen LogP contribution is -2.28. The van der Waals surface area contributed by atoms with Crippen molar-refractivity contribution in [1.82, 2.24) is 9.97 Å². The standard InChI is InChI=1S/C21H34N4O4/c1-7-9-11-22-18-17(28-13-12-27-15-16(3)10-8-2)14-23-19(24-18)25-20(26)29-21(4,5)6/h8,10,14H,2,7,9,11-13,15H2,1,3-6H3,(H2,22,23,24,25,26). The average molecular weight is 407 g/mol. The maximum absolute atomic E-state index is 11.9. The number of carbonyl (C=O) groups is 1. The Kier molecular flexibility index (Phi) is 10.8. The number of hydrogen-bond acceptors (Lipinski definition) is 7. The average Bonchev–Trinajstić information content (AvgIpc) is 2.61. The highest BCUT2D eigenvalue weighted by Crippen LogP contribution is 2.23. The van der Waals surface area contributed by atoms with Crippen molar-refractivity contribution in [1.29, 1.82) is 0 Å². The second-order valence-electron chi connectivity index (χ2n) is 7.46. The molecule has 0 aromatic carbocycles. The predicted molar refractivity (Wildman–Crippen MR) is 116 cm³/mol. The third-order valence-electron chi connectivity index (χ3n) is 3.41. The van der Waals surface area contributed by atoms with E-state index < -0.39 is 11.7 Å². The van der Waals surface area contributed by atoms with Crippen LogP contribution < -0.4 is 15.4 Å². The summed E-state index contributed by atoms with van der Waals surface area (Å²) in [5.74, 6) is 1.16. The lowest BCUT2D eigenvalue weighted by atomic mass is 10.2. The molecule has 0 bridgehead atoms. The van der Waals surface area contributed by atoms with Crippen molar-refractivity contribution in [2.24, 2.45) is 0 Å². The van der Waals surface area contributed by atoms with E-state index in [1.807, 2.05) is 13.0 Å². The fraction of sp³-hybridized carbons (Fsp3) is 0.571. The van der Waals surface area contributed by atoms with Gasteiger partial charge in [-0.05, 0) is 39.7 Å². The molecule has 0 saturated carbocycles. The molecule has 0 radical (unpaired) electrons. The number of carbonyl (C=O) groups excluding carboxylic acids is 1. The monoisotopic (exact) mass is 406 g/mol. The molecular formula is C21H34N4O4. The van der Waals surface area contributed by atoms with Crippen molar-refractivity contribution >= 4 is 17.9 Å². The third kappa shape index (κ3) is 11.1. The third-order valence-corrected chi connectivity index (χ3v) is 3.41. The lowest BCUT2D eigenvalue weighted by Gasteiger charge is -2.19. The molecule has 1 rings (SSSR count). The molecule has 0 aliphatic carbocycles. The summed E-state index contributed by atoms with van der Waals surface area (Å²) in [4.78, 5) is 20.4. The number of nitrogens with zero attached hydrogens (tertiary/aromatic N) is 2. The number of amides is 1. The molecule has 0 aliphatic rings. The maximum atomic E-state index is 11.9. The van der Waals surface area contributed by atoms with E-state index in [-0.39, 0.29) is 5.95 Å². The molecule has 8 nitrogen and oxygen atoms in total. The summed E-state index contributed by atoms with van der Waals surface area (Å²) in [5, 5.41) is 5.76. The highest BCUT2D eigenvalue weighted by molar-refractivity contribution is 5.82. The number of anilines is 2. The van der Waals surface area contributed by atoms with Gasteiger partial charge in [-0.1, -0.05) is 32.1 Å². The molecular weight excluding hydrogens is 372 g/mol. The van der Waals surface area contributed by atoms with Crippen LogP contribution in [0.1, 0.15) is 47.5 Å². The van der Waals surface area contributed by atoms with E-state index in [1.165, 1.54) is 6.20 Å². The topological polar surface area (TPSA) is 94.6 Å². The Bertz CT molecular complexity index is 684. The van der Waals surface area contributed by atoms with E-state index in [0.29, 0.717) is 31.4 Å². The summed E-state index contributed by atoms with van der Waals surface area (Å²) in [6.45, 7) is 15.1. The summed E-state index contributed by atoms with van der Waals surface area (Å²) in [6, 6.07) is 0. The minimum Gasteiger partial charge on any atom is -0.486 e. The molecule has 162 valence electrons. The van der Waals surface area contributed by atoms with E-state index in [4.69, 9.17) is 14.2 Å². The largest absolute Gasteiger partial charge is 0.486 e. The molecule has 1 heterocycles. The summed E-state index contributed by atoms with van der Waals surface area (Å²) in [6.07, 6.45) is 6.58. The molecule has 1 aromatic heterocycles. The molecule has 0 fully saturated rings. The van der Waals surface area contributed by atoms with Crippen LogP contribution >= 0.6 is 0 Å². The van der Waals surface area contributed by atoms with E-state index in [1.54, 1.807) is 26.8 Å². The van der Waals surface area contributed by atoms with Crippen LogP contribution in [0.3, 0.4) is 0 Å². The first-order valence-electron chi connectivity index (χ1n) is 9.84. The van der Waals surface area contributed by atoms with Gasteiger partial charge in [0.05, 0.1) is 19.4 Å². The quantitative estimate of drug-likeness (QED) is 0.388. The van der Waals surface area contributed by atoms with Gasteiger partial charge in [-0.3, -0.25) is 5.32 Å². The molecule has 8 heteroatoms. The van der Waals surface area contributed by atoms with Crippen molar-refractivity contribution in [2.75, 3.05) is 37.0 Å². The number of rotatable bonds is 12. The molecule has 1 aromatic rings. The summed E-state index contributed by atoms with van der Waals surface area (Å²) in [7, 11) is 0. The summed E-state index contributed by atoms with van der Waals surface area (Å²) < 4.78 is 16.5. The van der Waals surface area contributed by atoms with Gasteiger partial charge in [0.1, 0.15) is 12.2 Å². The normalized spacial score (nSPS) is 11.7. The van der Waals surface area contributed by atoms with Crippen molar-refractivity contribution in [2.45, 2.75) is 53.1 Å². The summed E-state index contributed by atoms with van der Waals surface area (Å²) >= 11 is 0. The van der Waals surface area contributed by atoms with E-state index >= 15 is 0 Å². The van der Waals surface area contributed by atoms with Gasteiger partial charge in [0.15, 0.2) is 11.6 Å². The zero-order chi connectivity index (χ0) is 21.7. The highest BCUT2D eigenvalue weighted by atomic mass is 16.6. The summed E-state index contributed by atoms with van der Waals surface area (Å²) in [5.41, 5.74) is 0.483. The van der Waals surface area contributed by atoms with Gasteiger partial charge in [0.25, 0.3) is 0 Å². The highest BCUT2D eigenvalue weighted by Gasteiger charge is 2.18. The molecule has 0 unspecified atom stereocenters. The molecule has 0 aliphatic heterocycles. The molecule has 2 N–H and O–H groups in total. The molecule has 1 amide bonds. The van der Waals surface area contributed by atoms with Crippen LogP contribution in [0.25, 0.3) is 0 Å². The first-order chi connectivity index (χ1) is 13.7. The number of aromatic nitrogens is 2. The number of hydrogen-bond donors (Lipinski definition) is 2. The fourth-order valence-electron chi connectivity index (χ4n) is 2.13. The Hall–Kier alpha value is -2.61. The van der Waals surface area contributed by atoms with Crippen molar-refractivity contribution in [3.05, 3.63) is 30.5 Å². The molecule has 0 atom stereocenters. The van der Waals surface area contributed by atoms with Gasteiger partial charge >= 0.3 is 6.09 Å². The number of allylic oxidation sites excluding steroid dienone is 2. The second-order valence-corrected chi connectivity index (χ2v) is 7.46. The molecule has 29 heavy (non-hydrogen) atoms. The van der Waals surface area contributed by atoms with Gasteiger partial charge in [-0.15, -0.1) is 0 Å². The van der Waals surface area contributed by atoms with Gasteiger partial charge in [0.2, 0.25) is 5.95 Å². The minimum absolute atomic E-state index is 0.145. The van der Waals surface area contributed by atoms with Gasteiger partial charge < -0.3 is 19.5 Å². The van der Waals surface area contributed by atoms with Crippen LogP contribution in [0, 0.1) is 0 Å². The smallest absolute Gasteiger partial charge is 0.414 e. The van der Waals surface area contributed by atoms with Gasteiger partial charge in [-0.25, -0.2) is 9.78 Å². The Labute approximate surface area is 173 Å². The van der Waals surface area contributed by atoms with Crippen molar-refractivity contribution in [3.8, 4) is 5.75 Å². The van der Waals surface area contributed by atoms with E-state index in [2.05, 4.69) is 34.1 Å². The minimum atomic E-state index is -0.609.